The van der Waals surface area contributed by atoms with E-state index in [0.717, 1.165) is 40.2 Å². The van der Waals surface area contributed by atoms with Gasteiger partial charge in [-0.05, 0) is 29.6 Å². The molecule has 1 aliphatic rings. The zero-order valence-corrected chi connectivity index (χ0v) is 24.8. The van der Waals surface area contributed by atoms with Crippen LogP contribution in [0.1, 0.15) is 111 Å². The van der Waals surface area contributed by atoms with Gasteiger partial charge in [-0.25, -0.2) is 5.71 Å². The first-order chi connectivity index (χ1) is 14.4. The molecule has 0 bridgehead atoms. The summed E-state index contributed by atoms with van der Waals surface area (Å²) in [6.07, 6.45) is 2.73. The van der Waals surface area contributed by atoms with Crippen molar-refractivity contribution in [3.8, 4) is 0 Å². The van der Waals surface area contributed by atoms with Gasteiger partial charge in [0.2, 0.25) is 0 Å². The first kappa shape index (κ1) is 30.4. The largest absolute Gasteiger partial charge is 0.811 e. The van der Waals surface area contributed by atoms with E-state index >= 15 is 0 Å². The number of benzene rings is 1. The van der Waals surface area contributed by atoms with E-state index in [4.69, 9.17) is 5.41 Å². The van der Waals surface area contributed by atoms with Crippen LogP contribution in [0, 0.1) is 36.5 Å². The average molecular weight is 589 g/mol. The van der Waals surface area contributed by atoms with E-state index in [0.29, 0.717) is 17.5 Å². The molecule has 2 rings (SSSR count). The van der Waals surface area contributed by atoms with E-state index in [2.05, 4.69) is 90.8 Å². The van der Waals surface area contributed by atoms with Crippen LogP contribution in [0.25, 0.3) is 5.41 Å². The molecule has 1 aromatic carbocycles. The van der Waals surface area contributed by atoms with E-state index < -0.39 is 0 Å². The van der Waals surface area contributed by atoms with Crippen molar-refractivity contribution in [3.63, 3.8) is 0 Å². The van der Waals surface area contributed by atoms with Crippen LogP contribution in [0.15, 0.2) is 21.5 Å². The summed E-state index contributed by atoms with van der Waals surface area (Å²) in [6, 6.07) is 6.55. The predicted molar refractivity (Wildman–Crippen MR) is 135 cm³/mol. The van der Waals surface area contributed by atoms with Gasteiger partial charge in [-0.1, -0.05) is 54.4 Å². The molecule has 0 aromatic heterocycles. The maximum absolute atomic E-state index is 8.57. The van der Waals surface area contributed by atoms with E-state index in [-0.39, 0.29) is 0 Å². The summed E-state index contributed by atoms with van der Waals surface area (Å²) < 4.78 is 4.52. The Balaban J connectivity index is 0.000000465. The summed E-state index contributed by atoms with van der Waals surface area (Å²) in [4.78, 5) is 0. The van der Waals surface area contributed by atoms with Crippen LogP contribution in [0.2, 0.25) is 0 Å². The maximum Gasteiger partial charge on any atom is -0.0130 e. The fraction of sp³-hybridized carbons (Fsp3) is 0.536. The van der Waals surface area contributed by atoms with Crippen molar-refractivity contribution in [2.24, 2.45) is 3.34 Å². The Kier molecular flexibility index (Phi) is 15.0. The second kappa shape index (κ2) is 15.3. The van der Waals surface area contributed by atoms with Crippen LogP contribution >= 0.6 is 0 Å². The summed E-state index contributed by atoms with van der Waals surface area (Å²) >= 11 is 1.09. The summed E-state index contributed by atoms with van der Waals surface area (Å²) in [5.41, 5.74) is 4.53. The zero-order valence-electron chi connectivity index (χ0n) is 21.6. The van der Waals surface area contributed by atoms with Gasteiger partial charge < -0.3 is 12.3 Å². The Morgan fingerprint density at radius 1 is 0.871 bits per heavy atom. The second-order valence-electron chi connectivity index (χ2n) is 9.01. The smallest absolute Gasteiger partial charge is 0.0130 e. The van der Waals surface area contributed by atoms with E-state index in [1.54, 1.807) is 6.92 Å². The quantitative estimate of drug-likeness (QED) is 0.235. The van der Waals surface area contributed by atoms with Crippen molar-refractivity contribution >= 4 is 11.4 Å². The van der Waals surface area contributed by atoms with Crippen LogP contribution in [-0.4, -0.2) is 5.71 Å². The average Bonchev–Trinajstić information content (AvgIpc) is 2.89. The van der Waals surface area contributed by atoms with Crippen molar-refractivity contribution in [1.82, 2.24) is 0 Å². The molecule has 0 spiro atoms. The van der Waals surface area contributed by atoms with Crippen molar-refractivity contribution in [1.29, 1.82) is 0 Å². The predicted octanol–water partition coefficient (Wildman–Crippen LogP) is 9.29. The van der Waals surface area contributed by atoms with Gasteiger partial charge >= 0.3 is 98.8 Å². The molecule has 1 fully saturated rings. The minimum Gasteiger partial charge on any atom is -0.811 e. The molecule has 0 amide bonds. The molecule has 0 unspecified atom stereocenters. The standard InChI is InChI=1S/C12H17N.C10H15.C6H11N.Ta/c1-8(2)10-6-5-7-11(9(3)4)12(10)13;1-6-7(2)9(4)10(5)8(6)3;1-3-4-5-6(2)7;/h5-9H,1-4H3;1-5H3;1,3-5H2,2H3;/q;;-2;. The fourth-order valence-corrected chi connectivity index (χ4v) is 4.24. The topological polar surface area (TPSA) is 34.7 Å². The van der Waals surface area contributed by atoms with Crippen LogP contribution in [0.4, 0.5) is 5.69 Å². The first-order valence-corrected chi connectivity index (χ1v) is 12.8. The summed E-state index contributed by atoms with van der Waals surface area (Å²) in [6.45, 7) is 25.3. The summed E-state index contributed by atoms with van der Waals surface area (Å²) in [5.74, 6) is 8.47. The molecule has 0 N–H and O–H groups in total. The maximum atomic E-state index is 8.57. The normalized spacial score (nSPS) is 16.1. The molecule has 0 aliphatic heterocycles. The monoisotopic (exact) mass is 588 g/mol. The van der Waals surface area contributed by atoms with Crippen molar-refractivity contribution in [2.45, 2.75) is 100 Å². The number of hydrogen-bond donors (Lipinski definition) is 0. The molecule has 0 saturated heterocycles. The number of hydrogen-bond acceptors (Lipinski definition) is 1. The Labute approximate surface area is 206 Å². The molecule has 1 aromatic rings. The van der Waals surface area contributed by atoms with E-state index in [1.807, 2.05) is 0 Å². The molecule has 1 saturated carbocycles. The zero-order chi connectivity index (χ0) is 24.3. The minimum absolute atomic E-state index is 0.517. The van der Waals surface area contributed by atoms with Crippen molar-refractivity contribution in [2.75, 3.05) is 0 Å². The Morgan fingerprint density at radius 3 is 1.42 bits per heavy atom. The number of unbranched alkanes of at least 4 members (excludes halogenated alkanes) is 1. The molecule has 2 nitrogen and oxygen atoms in total. The molecule has 3 heteroatoms. The summed E-state index contributed by atoms with van der Waals surface area (Å²) in [7, 11) is 0. The van der Waals surface area contributed by atoms with Gasteiger partial charge in [0, 0.05) is 0 Å². The van der Waals surface area contributed by atoms with Crippen molar-refractivity contribution in [3.05, 3.63) is 71.2 Å². The second-order valence-corrected chi connectivity index (χ2v) is 9.73. The molecular weight excluding hydrogens is 545 g/mol. The first-order valence-electron chi connectivity index (χ1n) is 11.4. The molecule has 1 aliphatic carbocycles. The molecular formula is C28H43N2Ta-2. The molecule has 172 valence electrons. The number of nitrogens with zero attached hydrogens (tertiary/aromatic N) is 2. The Bertz CT molecular complexity index is 594. The fourth-order valence-electron chi connectivity index (χ4n) is 3.41. The third kappa shape index (κ3) is 9.84. The minimum atomic E-state index is 0.517. The molecule has 31 heavy (non-hydrogen) atoms. The molecule has 5 radical (unpaired) electrons. The van der Waals surface area contributed by atoms with Crippen molar-refractivity contribution < 1.29 is 20.9 Å². The number of rotatable bonds is 6. The van der Waals surface area contributed by atoms with Crippen LogP contribution in [0.5, 0.6) is 0 Å². The van der Waals surface area contributed by atoms with E-state index in [1.165, 1.54) is 46.4 Å². The summed E-state index contributed by atoms with van der Waals surface area (Å²) in [5, 5.41) is 8.57. The van der Waals surface area contributed by atoms with Crippen LogP contribution < -0.4 is 0 Å². The van der Waals surface area contributed by atoms with Gasteiger partial charge in [-0.2, -0.15) is 6.42 Å². The third-order valence-corrected chi connectivity index (χ3v) is 6.76. The van der Waals surface area contributed by atoms with Gasteiger partial charge in [0.1, 0.15) is 0 Å². The Hall–Kier alpha value is -0.570. The van der Waals surface area contributed by atoms with Crippen LogP contribution in [-0.2, 0) is 20.9 Å². The van der Waals surface area contributed by atoms with E-state index in [9.17, 15) is 0 Å². The van der Waals surface area contributed by atoms with Gasteiger partial charge in [0.05, 0.1) is 0 Å². The van der Waals surface area contributed by atoms with Gasteiger partial charge in [0.25, 0.3) is 0 Å². The molecule has 0 heterocycles. The van der Waals surface area contributed by atoms with Crippen LogP contribution in [0.3, 0.4) is 0 Å². The van der Waals surface area contributed by atoms with Gasteiger partial charge in [-0.15, -0.1) is 0 Å². The van der Waals surface area contributed by atoms with Gasteiger partial charge in [-0.3, -0.25) is 0 Å². The third-order valence-electron chi connectivity index (χ3n) is 6.04. The Morgan fingerprint density at radius 2 is 1.23 bits per heavy atom. The molecule has 0 atom stereocenters. The SMILES string of the molecule is CC(C)c1cccc(C(C)C)c1[N]=[Ta].C[C]1[C](C)[C](C)[C](C)[C]1C.[CH2-]CCCC(C)=[N-]. The van der Waals surface area contributed by atoms with Gasteiger partial charge in [0.15, 0.2) is 0 Å².